The Balaban J connectivity index is 1.74. The number of benzene rings is 1. The zero-order chi connectivity index (χ0) is 15.7. The molecule has 3 rings (SSSR count). The summed E-state index contributed by atoms with van der Waals surface area (Å²) >= 11 is 0. The van der Waals surface area contributed by atoms with Crippen molar-refractivity contribution in [2.75, 3.05) is 19.6 Å². The first-order valence-corrected chi connectivity index (χ1v) is 9.10. The molecule has 22 heavy (non-hydrogen) atoms. The minimum atomic E-state index is -3.46. The topological polar surface area (TPSA) is 78.5 Å². The molecule has 7 heteroatoms. The van der Waals surface area contributed by atoms with E-state index in [1.807, 2.05) is 11.8 Å². The van der Waals surface area contributed by atoms with Gasteiger partial charge in [0.15, 0.2) is 0 Å². The van der Waals surface area contributed by atoms with E-state index in [9.17, 15) is 13.2 Å². The molecule has 1 atom stereocenters. The van der Waals surface area contributed by atoms with E-state index < -0.39 is 10.0 Å². The summed E-state index contributed by atoms with van der Waals surface area (Å²) in [6.45, 7) is 4.24. The Kier molecular flexibility index (Phi) is 4.20. The van der Waals surface area contributed by atoms with Crippen molar-refractivity contribution in [1.82, 2.24) is 14.9 Å². The third kappa shape index (κ3) is 3.31. The van der Waals surface area contributed by atoms with E-state index in [0.29, 0.717) is 12.1 Å². The van der Waals surface area contributed by atoms with Crippen molar-refractivity contribution in [2.45, 2.75) is 36.7 Å². The number of rotatable bonds is 4. The molecular weight excluding hydrogens is 302 g/mol. The van der Waals surface area contributed by atoms with Crippen LogP contribution >= 0.6 is 0 Å². The predicted octanol–water partition coefficient (Wildman–Crippen LogP) is 0.561. The molecular formula is C15H21N3O3S. The number of amides is 1. The van der Waals surface area contributed by atoms with Gasteiger partial charge < -0.3 is 10.2 Å². The Morgan fingerprint density at radius 3 is 2.55 bits per heavy atom. The van der Waals surface area contributed by atoms with E-state index in [1.165, 1.54) is 12.1 Å². The second kappa shape index (κ2) is 5.98. The van der Waals surface area contributed by atoms with Crippen LogP contribution in [0.1, 0.15) is 30.1 Å². The lowest BCUT2D eigenvalue weighted by atomic mass is 10.1. The van der Waals surface area contributed by atoms with Crippen molar-refractivity contribution in [2.24, 2.45) is 0 Å². The van der Waals surface area contributed by atoms with Crippen LogP contribution in [0, 0.1) is 0 Å². The fourth-order valence-electron chi connectivity index (χ4n) is 2.57. The van der Waals surface area contributed by atoms with Crippen LogP contribution in [0.5, 0.6) is 0 Å². The number of piperazine rings is 1. The number of nitrogens with zero attached hydrogens (tertiary/aromatic N) is 1. The highest BCUT2D eigenvalue weighted by Gasteiger charge is 2.28. The summed E-state index contributed by atoms with van der Waals surface area (Å²) in [4.78, 5) is 14.5. The summed E-state index contributed by atoms with van der Waals surface area (Å²) in [6, 6.07) is 6.42. The first-order chi connectivity index (χ1) is 10.5. The highest BCUT2D eigenvalue weighted by Crippen LogP contribution is 2.22. The minimum Gasteiger partial charge on any atom is -0.333 e. The standard InChI is InChI=1S/C15H21N3O3S/c1-11-10-16-8-9-18(11)15(19)12-2-6-14(7-3-12)22(20,21)17-13-4-5-13/h2-3,6-7,11,13,16-17H,4-5,8-10H2,1H3/t11-/m1/s1. The Morgan fingerprint density at radius 2 is 1.95 bits per heavy atom. The van der Waals surface area contributed by atoms with E-state index in [4.69, 9.17) is 0 Å². The number of carbonyl (C=O) groups is 1. The van der Waals surface area contributed by atoms with Crippen molar-refractivity contribution >= 4 is 15.9 Å². The monoisotopic (exact) mass is 323 g/mol. The number of nitrogens with one attached hydrogen (secondary N) is 2. The van der Waals surface area contributed by atoms with Gasteiger partial charge in [0.1, 0.15) is 0 Å². The smallest absolute Gasteiger partial charge is 0.254 e. The molecule has 1 saturated carbocycles. The van der Waals surface area contributed by atoms with Gasteiger partial charge in [-0.1, -0.05) is 0 Å². The molecule has 6 nitrogen and oxygen atoms in total. The first kappa shape index (κ1) is 15.5. The third-order valence-corrected chi connectivity index (χ3v) is 5.61. The van der Waals surface area contributed by atoms with E-state index in [2.05, 4.69) is 10.0 Å². The molecule has 1 amide bonds. The summed E-state index contributed by atoms with van der Waals surface area (Å²) in [5.41, 5.74) is 0.527. The Labute approximate surface area is 130 Å². The van der Waals surface area contributed by atoms with Gasteiger partial charge in [-0.2, -0.15) is 0 Å². The van der Waals surface area contributed by atoms with Crippen LogP contribution in [0.4, 0.5) is 0 Å². The van der Waals surface area contributed by atoms with Crippen LogP contribution in [0.2, 0.25) is 0 Å². The average Bonchev–Trinajstić information content (AvgIpc) is 3.30. The lowest BCUT2D eigenvalue weighted by molar-refractivity contribution is 0.0655. The Hall–Kier alpha value is -1.44. The number of hydrogen-bond acceptors (Lipinski definition) is 4. The van der Waals surface area contributed by atoms with Crippen LogP contribution in [0.3, 0.4) is 0 Å². The molecule has 2 N–H and O–H groups in total. The third-order valence-electron chi connectivity index (χ3n) is 4.07. The summed E-state index contributed by atoms with van der Waals surface area (Å²) in [5.74, 6) is -0.0481. The van der Waals surface area contributed by atoms with Crippen LogP contribution in [0.25, 0.3) is 0 Å². The van der Waals surface area contributed by atoms with Gasteiger partial charge in [0.25, 0.3) is 5.91 Å². The molecule has 0 bridgehead atoms. The molecule has 1 aromatic rings. The van der Waals surface area contributed by atoms with Gasteiger partial charge in [0, 0.05) is 37.3 Å². The molecule has 0 unspecified atom stereocenters. The molecule has 120 valence electrons. The highest BCUT2D eigenvalue weighted by atomic mass is 32.2. The van der Waals surface area contributed by atoms with Crippen molar-refractivity contribution in [3.63, 3.8) is 0 Å². The highest BCUT2D eigenvalue weighted by molar-refractivity contribution is 7.89. The molecule has 1 aliphatic heterocycles. The molecule has 0 radical (unpaired) electrons. The molecule has 0 spiro atoms. The molecule has 1 aromatic carbocycles. The Bertz CT molecular complexity index is 653. The van der Waals surface area contributed by atoms with E-state index in [1.54, 1.807) is 12.1 Å². The molecule has 0 aromatic heterocycles. The maximum Gasteiger partial charge on any atom is 0.254 e. The summed E-state index contributed by atoms with van der Waals surface area (Å²) in [6.07, 6.45) is 1.80. The van der Waals surface area contributed by atoms with Crippen LogP contribution < -0.4 is 10.0 Å². The SMILES string of the molecule is C[C@@H]1CNCCN1C(=O)c1ccc(S(=O)(=O)NC2CC2)cc1. The quantitative estimate of drug-likeness (QED) is 0.849. The maximum atomic E-state index is 12.5. The molecule has 1 heterocycles. The zero-order valence-corrected chi connectivity index (χ0v) is 13.4. The summed E-state index contributed by atoms with van der Waals surface area (Å²) < 4.78 is 26.8. The second-order valence-corrected chi connectivity index (χ2v) is 7.69. The van der Waals surface area contributed by atoms with Crippen molar-refractivity contribution in [1.29, 1.82) is 0 Å². The number of carbonyl (C=O) groups excluding carboxylic acids is 1. The molecule has 1 saturated heterocycles. The maximum absolute atomic E-state index is 12.5. The van der Waals surface area contributed by atoms with E-state index >= 15 is 0 Å². The second-order valence-electron chi connectivity index (χ2n) is 5.97. The zero-order valence-electron chi connectivity index (χ0n) is 12.6. The lowest BCUT2D eigenvalue weighted by Gasteiger charge is -2.34. The lowest BCUT2D eigenvalue weighted by Crippen LogP contribution is -2.52. The van der Waals surface area contributed by atoms with Crippen LogP contribution in [0.15, 0.2) is 29.2 Å². The number of hydrogen-bond donors (Lipinski definition) is 2. The van der Waals surface area contributed by atoms with Gasteiger partial charge in [-0.25, -0.2) is 13.1 Å². The summed E-state index contributed by atoms with van der Waals surface area (Å²) in [5, 5.41) is 3.24. The van der Waals surface area contributed by atoms with Gasteiger partial charge >= 0.3 is 0 Å². The average molecular weight is 323 g/mol. The normalized spacial score (nSPS) is 22.6. The largest absolute Gasteiger partial charge is 0.333 e. The molecule has 2 aliphatic rings. The van der Waals surface area contributed by atoms with Crippen LogP contribution in [-0.2, 0) is 10.0 Å². The van der Waals surface area contributed by atoms with E-state index in [-0.39, 0.29) is 22.9 Å². The van der Waals surface area contributed by atoms with Gasteiger partial charge in [-0.15, -0.1) is 0 Å². The fourth-order valence-corrected chi connectivity index (χ4v) is 3.88. The van der Waals surface area contributed by atoms with Crippen molar-refractivity contribution < 1.29 is 13.2 Å². The minimum absolute atomic E-state index is 0.0481. The summed E-state index contributed by atoms with van der Waals surface area (Å²) in [7, 11) is -3.46. The Morgan fingerprint density at radius 1 is 1.27 bits per heavy atom. The van der Waals surface area contributed by atoms with Gasteiger partial charge in [0.2, 0.25) is 10.0 Å². The van der Waals surface area contributed by atoms with Crippen LogP contribution in [-0.4, -0.2) is 50.9 Å². The van der Waals surface area contributed by atoms with E-state index in [0.717, 1.165) is 25.9 Å². The predicted molar refractivity (Wildman–Crippen MR) is 83.2 cm³/mol. The molecule has 2 fully saturated rings. The first-order valence-electron chi connectivity index (χ1n) is 7.61. The number of sulfonamides is 1. The van der Waals surface area contributed by atoms with Crippen molar-refractivity contribution in [3.05, 3.63) is 29.8 Å². The van der Waals surface area contributed by atoms with Gasteiger partial charge in [0.05, 0.1) is 4.90 Å². The molecule has 1 aliphatic carbocycles. The fraction of sp³-hybridized carbons (Fsp3) is 0.533. The van der Waals surface area contributed by atoms with Gasteiger partial charge in [-0.3, -0.25) is 4.79 Å². The van der Waals surface area contributed by atoms with Crippen molar-refractivity contribution in [3.8, 4) is 0 Å². The van der Waals surface area contributed by atoms with Gasteiger partial charge in [-0.05, 0) is 44.0 Å².